The smallest absolute Gasteiger partial charge is 0.395 e. The molecule has 2 aliphatic heterocycles. The third-order valence-electron chi connectivity index (χ3n) is 6.56. The van der Waals surface area contributed by atoms with Crippen LogP contribution in [0.25, 0.3) is 11.4 Å². The molecule has 1 aromatic heterocycles. The summed E-state index contributed by atoms with van der Waals surface area (Å²) in [6.45, 7) is 2.23. The summed E-state index contributed by atoms with van der Waals surface area (Å²) < 4.78 is 40.8. The molecule has 0 aliphatic carbocycles. The summed E-state index contributed by atoms with van der Waals surface area (Å²) >= 11 is 6.28. The molecule has 10 heteroatoms. The number of aliphatic hydroxyl groups excluding tert-OH is 1. The highest BCUT2D eigenvalue weighted by atomic mass is 35.5. The van der Waals surface area contributed by atoms with Gasteiger partial charge in [0.25, 0.3) is 5.91 Å². The van der Waals surface area contributed by atoms with Gasteiger partial charge in [-0.3, -0.25) is 9.69 Å². The third-order valence-corrected chi connectivity index (χ3v) is 6.82. The van der Waals surface area contributed by atoms with Crippen molar-refractivity contribution in [1.29, 1.82) is 0 Å². The Balaban J connectivity index is 1.51. The first-order chi connectivity index (χ1) is 15.2. The molecule has 1 amide bonds. The summed E-state index contributed by atoms with van der Waals surface area (Å²) in [5, 5.41) is 9.56. The van der Waals surface area contributed by atoms with Gasteiger partial charge in [0.1, 0.15) is 11.5 Å². The molecule has 1 aromatic carbocycles. The van der Waals surface area contributed by atoms with E-state index in [0.717, 1.165) is 44.4 Å². The van der Waals surface area contributed by atoms with Crippen LogP contribution < -0.4 is 0 Å². The van der Waals surface area contributed by atoms with Crippen molar-refractivity contribution in [2.45, 2.75) is 43.9 Å². The maximum absolute atomic E-state index is 13.2. The summed E-state index contributed by atoms with van der Waals surface area (Å²) in [5.74, 6) is -0.0657. The van der Waals surface area contributed by atoms with Gasteiger partial charge in [-0.05, 0) is 44.4 Å². The minimum atomic E-state index is -4.47. The zero-order chi connectivity index (χ0) is 23.0. The van der Waals surface area contributed by atoms with Gasteiger partial charge in [-0.1, -0.05) is 23.7 Å². The Kier molecular flexibility index (Phi) is 6.51. The van der Waals surface area contributed by atoms with Crippen LogP contribution in [0.1, 0.15) is 41.7 Å². The van der Waals surface area contributed by atoms with Crippen molar-refractivity contribution in [3.63, 3.8) is 0 Å². The van der Waals surface area contributed by atoms with E-state index < -0.39 is 11.7 Å². The Bertz CT molecular complexity index is 986. The molecule has 32 heavy (non-hydrogen) atoms. The number of amides is 1. The minimum Gasteiger partial charge on any atom is -0.395 e. The quantitative estimate of drug-likeness (QED) is 0.738. The number of benzene rings is 1. The lowest BCUT2D eigenvalue weighted by atomic mass is 10.0. The third kappa shape index (κ3) is 4.38. The number of imidazole rings is 1. The van der Waals surface area contributed by atoms with E-state index in [1.54, 1.807) is 11.9 Å². The summed E-state index contributed by atoms with van der Waals surface area (Å²) in [4.78, 5) is 21.5. The zero-order valence-corrected chi connectivity index (χ0v) is 18.5. The van der Waals surface area contributed by atoms with E-state index >= 15 is 0 Å². The van der Waals surface area contributed by atoms with Gasteiger partial charge in [-0.2, -0.15) is 13.2 Å². The molecule has 0 saturated carbocycles. The van der Waals surface area contributed by atoms with Crippen molar-refractivity contribution in [2.75, 3.05) is 26.2 Å². The summed E-state index contributed by atoms with van der Waals surface area (Å²) in [5.41, 5.74) is -0.370. The van der Waals surface area contributed by atoms with Crippen LogP contribution in [-0.2, 0) is 13.2 Å². The lowest BCUT2D eigenvalue weighted by Crippen LogP contribution is -2.49. The van der Waals surface area contributed by atoms with Gasteiger partial charge in [0, 0.05) is 37.8 Å². The zero-order valence-electron chi connectivity index (χ0n) is 17.8. The second kappa shape index (κ2) is 9.03. The summed E-state index contributed by atoms with van der Waals surface area (Å²) in [6.07, 6.45) is -0.791. The van der Waals surface area contributed by atoms with Crippen molar-refractivity contribution < 1.29 is 23.1 Å². The van der Waals surface area contributed by atoms with Crippen molar-refractivity contribution in [3.8, 4) is 11.4 Å². The Morgan fingerprint density at radius 1 is 1.22 bits per heavy atom. The molecule has 2 aliphatic rings. The molecule has 0 unspecified atom stereocenters. The van der Waals surface area contributed by atoms with E-state index in [1.165, 1.54) is 16.7 Å². The average Bonchev–Trinajstić information content (AvgIpc) is 3.37. The average molecular weight is 471 g/mol. The fourth-order valence-electron chi connectivity index (χ4n) is 4.87. The summed E-state index contributed by atoms with van der Waals surface area (Å²) in [6, 6.07) is 5.36. The monoisotopic (exact) mass is 470 g/mol. The van der Waals surface area contributed by atoms with Gasteiger partial charge in [-0.25, -0.2) is 4.98 Å². The molecule has 3 heterocycles. The molecule has 1 atom stereocenters. The predicted molar refractivity (Wildman–Crippen MR) is 114 cm³/mol. The largest absolute Gasteiger partial charge is 0.416 e. The number of alkyl halides is 3. The second-order valence-corrected chi connectivity index (χ2v) is 8.81. The van der Waals surface area contributed by atoms with E-state index in [2.05, 4.69) is 9.88 Å². The predicted octanol–water partition coefficient (Wildman–Crippen LogP) is 3.82. The molecule has 6 nitrogen and oxygen atoms in total. The summed E-state index contributed by atoms with van der Waals surface area (Å²) in [7, 11) is 1.59. The molecule has 2 saturated heterocycles. The molecule has 0 spiro atoms. The normalized spacial score (nSPS) is 20.8. The van der Waals surface area contributed by atoms with E-state index in [0.29, 0.717) is 19.1 Å². The number of carbonyl (C=O) groups is 1. The number of piperidine rings is 1. The van der Waals surface area contributed by atoms with Gasteiger partial charge in [0.15, 0.2) is 5.15 Å². The van der Waals surface area contributed by atoms with Crippen molar-refractivity contribution in [2.24, 2.45) is 7.05 Å². The van der Waals surface area contributed by atoms with E-state index in [4.69, 9.17) is 11.6 Å². The Morgan fingerprint density at radius 3 is 2.59 bits per heavy atom. The molecule has 4 rings (SSSR count). The highest BCUT2D eigenvalue weighted by Crippen LogP contribution is 2.33. The highest BCUT2D eigenvalue weighted by molar-refractivity contribution is 6.32. The van der Waals surface area contributed by atoms with Gasteiger partial charge in [0.2, 0.25) is 0 Å². The maximum Gasteiger partial charge on any atom is 0.416 e. The van der Waals surface area contributed by atoms with Crippen LogP contribution in [0.3, 0.4) is 0 Å². The van der Waals surface area contributed by atoms with Crippen LogP contribution in [-0.4, -0.2) is 68.7 Å². The Hall–Kier alpha value is -2.10. The van der Waals surface area contributed by atoms with E-state index in [1.807, 2.05) is 0 Å². The van der Waals surface area contributed by atoms with Crippen molar-refractivity contribution in [1.82, 2.24) is 19.4 Å². The molecule has 1 N–H and O–H groups in total. The van der Waals surface area contributed by atoms with Gasteiger partial charge in [0.05, 0.1) is 12.2 Å². The van der Waals surface area contributed by atoms with Gasteiger partial charge >= 0.3 is 6.18 Å². The Labute approximate surface area is 189 Å². The molecule has 2 aromatic rings. The minimum absolute atomic E-state index is 0.0214. The van der Waals surface area contributed by atoms with Gasteiger partial charge in [-0.15, -0.1) is 0 Å². The molecule has 0 bridgehead atoms. The number of carbonyl (C=O) groups excluding carboxylic acids is 1. The van der Waals surface area contributed by atoms with Crippen molar-refractivity contribution >= 4 is 17.5 Å². The van der Waals surface area contributed by atoms with Crippen LogP contribution in [0.2, 0.25) is 5.15 Å². The molecular weight excluding hydrogens is 445 g/mol. The number of aromatic nitrogens is 2. The molecular formula is C22H26ClF3N4O2. The number of halogens is 4. The fourth-order valence-corrected chi connectivity index (χ4v) is 5.16. The Morgan fingerprint density at radius 2 is 1.94 bits per heavy atom. The molecule has 0 radical (unpaired) electrons. The number of rotatable bonds is 4. The van der Waals surface area contributed by atoms with Crippen LogP contribution in [0, 0.1) is 0 Å². The number of nitrogens with zero attached hydrogens (tertiary/aromatic N) is 4. The first-order valence-electron chi connectivity index (χ1n) is 10.8. The van der Waals surface area contributed by atoms with Crippen LogP contribution in [0.15, 0.2) is 24.3 Å². The first kappa shape index (κ1) is 23.1. The van der Waals surface area contributed by atoms with Gasteiger partial charge < -0.3 is 14.6 Å². The molecule has 2 fully saturated rings. The van der Waals surface area contributed by atoms with E-state index in [9.17, 15) is 23.1 Å². The number of likely N-dealkylation sites (tertiary alicyclic amines) is 2. The molecule has 174 valence electrons. The lowest BCUT2D eigenvalue weighted by molar-refractivity contribution is -0.137. The van der Waals surface area contributed by atoms with Crippen molar-refractivity contribution in [3.05, 3.63) is 40.7 Å². The number of hydrogen-bond acceptors (Lipinski definition) is 4. The van der Waals surface area contributed by atoms with Crippen LogP contribution in [0.5, 0.6) is 0 Å². The lowest BCUT2D eigenvalue weighted by Gasteiger charge is -2.39. The maximum atomic E-state index is 13.2. The first-order valence-corrected chi connectivity index (χ1v) is 11.1. The highest BCUT2D eigenvalue weighted by Gasteiger charge is 2.35. The SMILES string of the molecule is Cn1c(-c2cccc(C(F)(F)F)c2)nc(Cl)c1C(=O)N1CCC(N2CCC[C@H]2CO)CC1. The van der Waals surface area contributed by atoms with E-state index in [-0.39, 0.29) is 40.8 Å². The number of hydrogen-bond donors (Lipinski definition) is 1. The van der Waals surface area contributed by atoms with Crippen LogP contribution >= 0.6 is 11.6 Å². The number of aliphatic hydroxyl groups is 1. The second-order valence-electron chi connectivity index (χ2n) is 8.45. The topological polar surface area (TPSA) is 61.6 Å². The standard InChI is InChI=1S/C22H26ClF3N4O2/c1-28-18(19(23)27-20(28)14-4-2-5-15(12-14)22(24,25)26)21(32)29-10-7-16(8-11-29)30-9-3-6-17(30)13-31/h2,4-5,12,16-17,31H,3,6-11,13H2,1H3/t17-/m0/s1. The fraction of sp³-hybridized carbons (Fsp3) is 0.545. The van der Waals surface area contributed by atoms with Crippen LogP contribution in [0.4, 0.5) is 13.2 Å².